The number of nitrogens with zero attached hydrogens (tertiary/aromatic N) is 1. The zero-order chi connectivity index (χ0) is 11.2. The zero-order valence-electron chi connectivity index (χ0n) is 9.82. The average Bonchev–Trinajstić information content (AvgIpc) is 2.23. The third kappa shape index (κ3) is 1.60. The van der Waals surface area contributed by atoms with E-state index in [1.54, 1.807) is 0 Å². The summed E-state index contributed by atoms with van der Waals surface area (Å²) in [5.74, 6) is 4.92. The lowest BCUT2D eigenvalue weighted by atomic mass is 9.86. The van der Waals surface area contributed by atoms with Crippen LogP contribution in [0.1, 0.15) is 25.2 Å². The highest BCUT2D eigenvalue weighted by atomic mass is 32.2. The second-order valence-corrected chi connectivity index (χ2v) is 7.49. The normalized spacial score (nSPS) is 25.6. The van der Waals surface area contributed by atoms with E-state index in [2.05, 4.69) is 32.0 Å². The number of hydrogen-bond donors (Lipinski definition) is 0. The van der Waals surface area contributed by atoms with Crippen molar-refractivity contribution in [3.8, 4) is 0 Å². The molecular formula is C13H17NS2. The Morgan fingerprint density at radius 1 is 0.938 bits per heavy atom. The van der Waals surface area contributed by atoms with Crippen molar-refractivity contribution >= 4 is 23.5 Å². The average molecular weight is 251 g/mol. The number of thioether (sulfide) groups is 2. The van der Waals surface area contributed by atoms with Crippen LogP contribution < -0.4 is 0 Å². The van der Waals surface area contributed by atoms with Gasteiger partial charge in [0.15, 0.2) is 0 Å². The summed E-state index contributed by atoms with van der Waals surface area (Å²) in [6, 6.07) is 6.61. The molecule has 0 unspecified atom stereocenters. The van der Waals surface area contributed by atoms with Crippen LogP contribution in [-0.4, -0.2) is 28.0 Å². The van der Waals surface area contributed by atoms with Crippen LogP contribution in [0.2, 0.25) is 0 Å². The van der Waals surface area contributed by atoms with Gasteiger partial charge in [-0.05, 0) is 12.1 Å². The van der Waals surface area contributed by atoms with Gasteiger partial charge < -0.3 is 0 Å². The van der Waals surface area contributed by atoms with Crippen molar-refractivity contribution in [2.45, 2.75) is 24.7 Å². The molecule has 0 aromatic carbocycles. The van der Waals surface area contributed by atoms with Gasteiger partial charge in [-0.2, -0.15) is 23.5 Å². The van der Waals surface area contributed by atoms with E-state index in [0.717, 1.165) is 0 Å². The molecule has 2 aliphatic rings. The van der Waals surface area contributed by atoms with Crippen LogP contribution in [0, 0.1) is 0 Å². The van der Waals surface area contributed by atoms with Gasteiger partial charge in [-0.3, -0.25) is 4.98 Å². The second kappa shape index (κ2) is 3.67. The fourth-order valence-corrected chi connectivity index (χ4v) is 4.44. The molecule has 16 heavy (non-hydrogen) atoms. The Bertz CT molecular complexity index is 373. The topological polar surface area (TPSA) is 12.9 Å². The molecule has 0 radical (unpaired) electrons. The molecule has 2 aliphatic heterocycles. The molecule has 1 nitrogen and oxygen atoms in total. The van der Waals surface area contributed by atoms with Crippen molar-refractivity contribution in [1.82, 2.24) is 4.98 Å². The van der Waals surface area contributed by atoms with Gasteiger partial charge in [0.25, 0.3) is 0 Å². The van der Waals surface area contributed by atoms with Crippen LogP contribution in [0.5, 0.6) is 0 Å². The molecule has 2 saturated heterocycles. The standard InChI is InChI=1S/C13H17NS2/c1-12(6-15-7-12)10-4-3-5-11(14-10)13(2)8-16-9-13/h3-5H,6-9H2,1-2H3. The van der Waals surface area contributed by atoms with E-state index in [0.29, 0.717) is 10.8 Å². The first kappa shape index (κ1) is 11.0. The molecule has 0 atom stereocenters. The van der Waals surface area contributed by atoms with E-state index in [-0.39, 0.29) is 0 Å². The number of aromatic nitrogens is 1. The number of rotatable bonds is 2. The molecule has 0 bridgehead atoms. The summed E-state index contributed by atoms with van der Waals surface area (Å²) in [5, 5.41) is 0. The van der Waals surface area contributed by atoms with Gasteiger partial charge in [-0.1, -0.05) is 19.9 Å². The Labute approximate surface area is 106 Å². The summed E-state index contributed by atoms with van der Waals surface area (Å²) >= 11 is 4.06. The Morgan fingerprint density at radius 3 is 1.69 bits per heavy atom. The molecule has 2 fully saturated rings. The molecule has 0 saturated carbocycles. The van der Waals surface area contributed by atoms with Gasteiger partial charge in [0.2, 0.25) is 0 Å². The molecule has 1 aromatic heterocycles. The third-order valence-corrected chi connectivity index (χ3v) is 7.03. The quantitative estimate of drug-likeness (QED) is 0.802. The molecule has 86 valence electrons. The largest absolute Gasteiger partial charge is 0.257 e. The van der Waals surface area contributed by atoms with Gasteiger partial charge in [0.1, 0.15) is 0 Å². The van der Waals surface area contributed by atoms with Gasteiger partial charge in [0, 0.05) is 45.2 Å². The van der Waals surface area contributed by atoms with E-state index in [9.17, 15) is 0 Å². The summed E-state index contributed by atoms with van der Waals surface area (Å²) in [6.45, 7) is 4.68. The number of pyridine rings is 1. The second-order valence-electron chi connectivity index (χ2n) is 5.51. The SMILES string of the molecule is CC1(c2cccc(C3(C)CSC3)n2)CSC1. The first-order chi connectivity index (χ1) is 7.62. The fourth-order valence-electron chi connectivity index (χ4n) is 2.22. The smallest absolute Gasteiger partial charge is 0.0482 e. The number of hydrogen-bond acceptors (Lipinski definition) is 3. The zero-order valence-corrected chi connectivity index (χ0v) is 11.5. The maximum absolute atomic E-state index is 4.93. The fraction of sp³-hybridized carbons (Fsp3) is 0.615. The first-order valence-electron chi connectivity index (χ1n) is 5.76. The Morgan fingerprint density at radius 2 is 1.38 bits per heavy atom. The molecular weight excluding hydrogens is 234 g/mol. The van der Waals surface area contributed by atoms with Crippen molar-refractivity contribution in [2.24, 2.45) is 0 Å². The molecule has 3 heteroatoms. The lowest BCUT2D eigenvalue weighted by Gasteiger charge is -2.40. The van der Waals surface area contributed by atoms with Crippen LogP contribution in [0.25, 0.3) is 0 Å². The van der Waals surface area contributed by atoms with Crippen LogP contribution >= 0.6 is 23.5 Å². The monoisotopic (exact) mass is 251 g/mol. The minimum atomic E-state index is 0.341. The van der Waals surface area contributed by atoms with Crippen LogP contribution in [0.3, 0.4) is 0 Å². The molecule has 0 aliphatic carbocycles. The highest BCUT2D eigenvalue weighted by molar-refractivity contribution is 8.01. The Hall–Kier alpha value is -0.150. The molecule has 1 aromatic rings. The van der Waals surface area contributed by atoms with E-state index in [1.165, 1.54) is 34.4 Å². The third-order valence-electron chi connectivity index (χ3n) is 3.67. The van der Waals surface area contributed by atoms with Crippen molar-refractivity contribution in [3.63, 3.8) is 0 Å². The van der Waals surface area contributed by atoms with Crippen molar-refractivity contribution in [2.75, 3.05) is 23.0 Å². The minimum absolute atomic E-state index is 0.341. The summed E-state index contributed by atoms with van der Waals surface area (Å²) in [7, 11) is 0. The van der Waals surface area contributed by atoms with Crippen molar-refractivity contribution in [1.29, 1.82) is 0 Å². The molecule has 3 heterocycles. The van der Waals surface area contributed by atoms with Crippen LogP contribution in [-0.2, 0) is 10.8 Å². The van der Waals surface area contributed by atoms with Crippen molar-refractivity contribution < 1.29 is 0 Å². The predicted molar refractivity (Wildman–Crippen MR) is 73.6 cm³/mol. The van der Waals surface area contributed by atoms with Crippen LogP contribution in [0.4, 0.5) is 0 Å². The highest BCUT2D eigenvalue weighted by Crippen LogP contribution is 2.42. The Balaban J connectivity index is 1.93. The van der Waals surface area contributed by atoms with Gasteiger partial charge in [-0.15, -0.1) is 0 Å². The summed E-state index contributed by atoms with van der Waals surface area (Å²) in [4.78, 5) is 4.93. The van der Waals surface area contributed by atoms with Gasteiger partial charge in [-0.25, -0.2) is 0 Å². The maximum Gasteiger partial charge on any atom is 0.0482 e. The lowest BCUT2D eigenvalue weighted by molar-refractivity contribution is 0.523. The van der Waals surface area contributed by atoms with E-state index < -0.39 is 0 Å². The Kier molecular flexibility index (Phi) is 2.52. The maximum atomic E-state index is 4.93. The summed E-state index contributed by atoms with van der Waals surface area (Å²) in [5.41, 5.74) is 3.30. The minimum Gasteiger partial charge on any atom is -0.257 e. The summed E-state index contributed by atoms with van der Waals surface area (Å²) < 4.78 is 0. The summed E-state index contributed by atoms with van der Waals surface area (Å²) in [6.07, 6.45) is 0. The van der Waals surface area contributed by atoms with Gasteiger partial charge in [0.05, 0.1) is 0 Å². The molecule has 0 spiro atoms. The first-order valence-corrected chi connectivity index (χ1v) is 8.07. The van der Waals surface area contributed by atoms with Gasteiger partial charge >= 0.3 is 0 Å². The van der Waals surface area contributed by atoms with E-state index in [1.807, 2.05) is 23.5 Å². The predicted octanol–water partition coefficient (Wildman–Crippen LogP) is 3.09. The van der Waals surface area contributed by atoms with Crippen LogP contribution in [0.15, 0.2) is 18.2 Å². The molecule has 3 rings (SSSR count). The highest BCUT2D eigenvalue weighted by Gasteiger charge is 2.39. The van der Waals surface area contributed by atoms with E-state index >= 15 is 0 Å². The van der Waals surface area contributed by atoms with Crippen molar-refractivity contribution in [3.05, 3.63) is 29.6 Å². The lowest BCUT2D eigenvalue weighted by Crippen LogP contribution is -2.41. The molecule has 0 N–H and O–H groups in total. The molecule has 0 amide bonds. The van der Waals surface area contributed by atoms with E-state index in [4.69, 9.17) is 4.98 Å².